The van der Waals surface area contributed by atoms with E-state index in [0.29, 0.717) is 5.57 Å². The van der Waals surface area contributed by atoms with Crippen molar-refractivity contribution >= 4 is 17.3 Å². The second-order valence-electron chi connectivity index (χ2n) is 7.89. The number of alkyl halides is 7. The van der Waals surface area contributed by atoms with E-state index in [2.05, 4.69) is 0 Å². The van der Waals surface area contributed by atoms with E-state index in [1.807, 2.05) is 0 Å². The topological polar surface area (TPSA) is 0 Å². The summed E-state index contributed by atoms with van der Waals surface area (Å²) in [5.41, 5.74) is -1.88. The van der Waals surface area contributed by atoms with E-state index in [4.69, 9.17) is 0 Å². The highest BCUT2D eigenvalue weighted by atomic mass is 32.2. The molecule has 1 aliphatic carbocycles. The number of halogens is 9. The van der Waals surface area contributed by atoms with Crippen molar-refractivity contribution in [2.75, 3.05) is 0 Å². The first-order valence-corrected chi connectivity index (χ1v) is 10.4. The number of hydrogen-bond donors (Lipinski definition) is 0. The maximum Gasteiger partial charge on any atom is 0.460 e. The molecule has 0 radical (unpaired) electrons. The van der Waals surface area contributed by atoms with Crippen LogP contribution in [0.15, 0.2) is 65.1 Å². The molecule has 178 valence electrons. The molecule has 0 aromatic heterocycles. The van der Waals surface area contributed by atoms with Crippen LogP contribution >= 0.6 is 11.8 Å². The minimum atomic E-state index is -6.52. The molecule has 0 saturated heterocycles. The van der Waals surface area contributed by atoms with Crippen molar-refractivity contribution in [3.8, 4) is 0 Å². The molecule has 0 N–H and O–H groups in total. The van der Waals surface area contributed by atoms with Crippen molar-refractivity contribution in [2.45, 2.75) is 43.0 Å². The van der Waals surface area contributed by atoms with Gasteiger partial charge in [-0.3, -0.25) is 0 Å². The SMILES string of the molecule is CC1=CC(SC(F)(F)C(F)(F)C(F)(F)F)=C(c2ccccc2F)C(C)(c2ccccc2F)C1. The summed E-state index contributed by atoms with van der Waals surface area (Å²) in [6, 6.07) is 10.1. The summed E-state index contributed by atoms with van der Waals surface area (Å²) in [5, 5.41) is -5.62. The van der Waals surface area contributed by atoms with Crippen molar-refractivity contribution < 1.29 is 39.5 Å². The summed E-state index contributed by atoms with van der Waals surface area (Å²) < 4.78 is 124. The lowest BCUT2D eigenvalue weighted by Gasteiger charge is -2.39. The molecule has 0 heterocycles. The lowest BCUT2D eigenvalue weighted by molar-refractivity contribution is -0.330. The zero-order valence-electron chi connectivity index (χ0n) is 17.2. The van der Waals surface area contributed by atoms with Gasteiger partial charge in [0.25, 0.3) is 0 Å². The Morgan fingerprint density at radius 1 is 0.818 bits per heavy atom. The Bertz CT molecular complexity index is 1110. The standard InChI is InChI=1S/C23H17F9S/c1-13-11-18(33-23(31,32)21(26,27)22(28,29)30)19(14-7-3-5-9-16(14)24)20(2,12-13)15-8-4-6-10-17(15)25/h3-11H,12H2,1-2H3. The first-order valence-electron chi connectivity index (χ1n) is 9.55. The van der Waals surface area contributed by atoms with Gasteiger partial charge in [0.1, 0.15) is 11.6 Å². The van der Waals surface area contributed by atoms with Crippen LogP contribution in [0.1, 0.15) is 31.4 Å². The summed E-state index contributed by atoms with van der Waals surface area (Å²) in [5.74, 6) is -8.06. The highest BCUT2D eigenvalue weighted by molar-refractivity contribution is 8.04. The van der Waals surface area contributed by atoms with Crippen LogP contribution in [0.4, 0.5) is 39.5 Å². The Kier molecular flexibility index (Phi) is 6.47. The molecule has 1 aliphatic rings. The summed E-state index contributed by atoms with van der Waals surface area (Å²) in [6.45, 7) is 2.85. The Hall–Kier alpha value is -2.36. The smallest absolute Gasteiger partial charge is 0.207 e. The molecule has 0 bridgehead atoms. The predicted molar refractivity (Wildman–Crippen MR) is 109 cm³/mol. The van der Waals surface area contributed by atoms with E-state index in [1.54, 1.807) is 0 Å². The van der Waals surface area contributed by atoms with Gasteiger partial charge in [0, 0.05) is 15.9 Å². The van der Waals surface area contributed by atoms with Crippen molar-refractivity contribution in [1.29, 1.82) is 0 Å². The molecule has 1 atom stereocenters. The van der Waals surface area contributed by atoms with Gasteiger partial charge in [-0.15, -0.1) is 0 Å². The average Bonchev–Trinajstić information content (AvgIpc) is 2.67. The van der Waals surface area contributed by atoms with Gasteiger partial charge in [-0.1, -0.05) is 48.9 Å². The van der Waals surface area contributed by atoms with Gasteiger partial charge in [0.05, 0.1) is 0 Å². The van der Waals surface area contributed by atoms with Gasteiger partial charge in [-0.25, -0.2) is 8.78 Å². The minimum Gasteiger partial charge on any atom is -0.207 e. The fraction of sp³-hybridized carbons (Fsp3) is 0.304. The van der Waals surface area contributed by atoms with Crippen molar-refractivity contribution in [2.24, 2.45) is 0 Å². The van der Waals surface area contributed by atoms with Crippen LogP contribution in [0, 0.1) is 11.6 Å². The molecule has 0 spiro atoms. The van der Waals surface area contributed by atoms with Crippen LogP contribution < -0.4 is 0 Å². The number of allylic oxidation sites excluding steroid dienone is 3. The Labute approximate surface area is 188 Å². The quantitative estimate of drug-likeness (QED) is 0.374. The largest absolute Gasteiger partial charge is 0.460 e. The lowest BCUT2D eigenvalue weighted by atomic mass is 9.67. The highest BCUT2D eigenvalue weighted by Crippen LogP contribution is 2.58. The third-order valence-corrected chi connectivity index (χ3v) is 6.43. The van der Waals surface area contributed by atoms with Gasteiger partial charge in [0.15, 0.2) is 0 Å². The van der Waals surface area contributed by atoms with Crippen LogP contribution in [-0.4, -0.2) is 17.4 Å². The monoisotopic (exact) mass is 496 g/mol. The summed E-state index contributed by atoms with van der Waals surface area (Å²) in [6.07, 6.45) is -5.53. The van der Waals surface area contributed by atoms with Crippen LogP contribution in [0.2, 0.25) is 0 Å². The number of hydrogen-bond acceptors (Lipinski definition) is 1. The van der Waals surface area contributed by atoms with Gasteiger partial charge in [-0.05, 0) is 54.5 Å². The molecule has 10 heteroatoms. The van der Waals surface area contributed by atoms with Crippen LogP contribution in [0.25, 0.3) is 5.57 Å². The molecule has 0 saturated carbocycles. The molecule has 0 fully saturated rings. The van der Waals surface area contributed by atoms with E-state index >= 15 is 0 Å². The summed E-state index contributed by atoms with van der Waals surface area (Å²) >= 11 is -1.01. The van der Waals surface area contributed by atoms with Crippen molar-refractivity contribution in [1.82, 2.24) is 0 Å². The second kappa shape index (κ2) is 8.45. The normalized spacial score (nSPS) is 20.2. The Morgan fingerprint density at radius 3 is 1.91 bits per heavy atom. The molecule has 0 aliphatic heterocycles. The zero-order valence-corrected chi connectivity index (χ0v) is 18.0. The number of rotatable bonds is 5. The van der Waals surface area contributed by atoms with E-state index < -0.39 is 51.1 Å². The highest BCUT2D eigenvalue weighted by Gasteiger charge is 2.73. The zero-order chi connectivity index (χ0) is 24.8. The first kappa shape index (κ1) is 25.3. The number of benzene rings is 2. The van der Waals surface area contributed by atoms with Gasteiger partial charge in [0.2, 0.25) is 0 Å². The fourth-order valence-corrected chi connectivity index (χ4v) is 5.16. The molecular formula is C23H17F9S. The van der Waals surface area contributed by atoms with Crippen LogP contribution in [0.5, 0.6) is 0 Å². The van der Waals surface area contributed by atoms with Crippen molar-refractivity contribution in [3.05, 3.63) is 87.8 Å². The van der Waals surface area contributed by atoms with Crippen LogP contribution in [-0.2, 0) is 5.41 Å². The molecule has 3 rings (SSSR count). The molecule has 2 aromatic rings. The molecule has 2 aromatic carbocycles. The summed E-state index contributed by atoms with van der Waals surface area (Å²) in [7, 11) is 0. The van der Waals surface area contributed by atoms with Crippen molar-refractivity contribution in [3.63, 3.8) is 0 Å². The lowest BCUT2D eigenvalue weighted by Crippen LogP contribution is -2.50. The summed E-state index contributed by atoms with van der Waals surface area (Å²) in [4.78, 5) is -0.705. The maximum absolute atomic E-state index is 14.8. The van der Waals surface area contributed by atoms with E-state index in [-0.39, 0.29) is 23.1 Å². The Balaban J connectivity index is 2.33. The maximum atomic E-state index is 14.8. The van der Waals surface area contributed by atoms with Crippen LogP contribution in [0.3, 0.4) is 0 Å². The number of thioether (sulfide) groups is 1. The second-order valence-corrected chi connectivity index (χ2v) is 9.05. The van der Waals surface area contributed by atoms with E-state index in [9.17, 15) is 39.5 Å². The molecular weight excluding hydrogens is 479 g/mol. The average molecular weight is 496 g/mol. The van der Waals surface area contributed by atoms with Gasteiger partial charge < -0.3 is 0 Å². The molecule has 0 nitrogen and oxygen atoms in total. The van der Waals surface area contributed by atoms with Gasteiger partial charge in [-0.2, -0.15) is 30.7 Å². The molecule has 0 amide bonds. The predicted octanol–water partition coefficient (Wildman–Crippen LogP) is 8.51. The van der Waals surface area contributed by atoms with E-state index in [0.717, 1.165) is 18.2 Å². The molecule has 33 heavy (non-hydrogen) atoms. The first-order chi connectivity index (χ1) is 15.1. The third kappa shape index (κ3) is 4.41. The fourth-order valence-electron chi connectivity index (χ4n) is 3.95. The van der Waals surface area contributed by atoms with Gasteiger partial charge >= 0.3 is 17.4 Å². The minimum absolute atomic E-state index is 0.0110. The third-order valence-electron chi connectivity index (χ3n) is 5.38. The Morgan fingerprint density at radius 2 is 1.36 bits per heavy atom. The molecule has 1 unspecified atom stereocenters. The van der Waals surface area contributed by atoms with E-state index in [1.165, 1.54) is 50.2 Å².